The number of thiophene rings is 1. The number of hydrogen-bond acceptors (Lipinski definition) is 3. The van der Waals surface area contributed by atoms with Crippen LogP contribution in [0.1, 0.15) is 19.4 Å². The van der Waals surface area contributed by atoms with E-state index in [1.807, 2.05) is 12.4 Å². The minimum absolute atomic E-state index is 0.617. The van der Waals surface area contributed by atoms with E-state index < -0.39 is 0 Å². The summed E-state index contributed by atoms with van der Waals surface area (Å²) in [6.45, 7) is 5.58. The van der Waals surface area contributed by atoms with Crippen molar-refractivity contribution in [3.8, 4) is 0 Å². The summed E-state index contributed by atoms with van der Waals surface area (Å²) in [4.78, 5) is 6.53. The van der Waals surface area contributed by atoms with Gasteiger partial charge in [-0.15, -0.1) is 11.3 Å². The molecule has 0 aliphatic carbocycles. The van der Waals surface area contributed by atoms with E-state index in [1.54, 1.807) is 11.3 Å². The molecule has 3 heteroatoms. The number of likely N-dealkylation sites (N-methyl/N-ethyl adjacent to an activating group) is 1. The van der Waals surface area contributed by atoms with Crippen LogP contribution < -0.4 is 0 Å². The van der Waals surface area contributed by atoms with Gasteiger partial charge in [0.15, 0.2) is 0 Å². The molecule has 0 bridgehead atoms. The molecule has 2 heterocycles. The van der Waals surface area contributed by atoms with Crippen molar-refractivity contribution in [1.82, 2.24) is 9.88 Å². The molecule has 2 rings (SSSR count). The molecule has 0 aliphatic rings. The molecule has 2 aromatic heterocycles. The first kappa shape index (κ1) is 11.6. The summed E-state index contributed by atoms with van der Waals surface area (Å²) in [6, 6.07) is 2.74. The predicted molar refractivity (Wildman–Crippen MR) is 71.1 cm³/mol. The maximum absolute atomic E-state index is 4.15. The van der Waals surface area contributed by atoms with Crippen molar-refractivity contribution in [3.63, 3.8) is 0 Å². The first-order chi connectivity index (χ1) is 7.68. The van der Waals surface area contributed by atoms with E-state index in [0.29, 0.717) is 6.04 Å². The minimum Gasteiger partial charge on any atom is -0.304 e. The molecule has 0 fully saturated rings. The Balaban J connectivity index is 2.10. The zero-order valence-electron chi connectivity index (χ0n) is 10.1. The maximum Gasteiger partial charge on any atom is 0.0528 e. The van der Waals surface area contributed by atoms with Crippen LogP contribution in [0, 0.1) is 0 Å². The van der Waals surface area contributed by atoms with Gasteiger partial charge in [-0.1, -0.05) is 0 Å². The highest BCUT2D eigenvalue weighted by atomic mass is 32.1. The fourth-order valence-corrected chi connectivity index (χ4v) is 2.65. The first-order valence-corrected chi connectivity index (χ1v) is 6.57. The van der Waals surface area contributed by atoms with Gasteiger partial charge in [0.05, 0.1) is 4.70 Å². The summed E-state index contributed by atoms with van der Waals surface area (Å²) in [6.07, 6.45) is 4.96. The van der Waals surface area contributed by atoms with E-state index in [-0.39, 0.29) is 0 Å². The third kappa shape index (κ3) is 2.42. The Hall–Kier alpha value is -0.930. The van der Waals surface area contributed by atoms with Crippen LogP contribution in [0.4, 0.5) is 0 Å². The second-order valence-corrected chi connectivity index (χ2v) is 5.37. The first-order valence-electron chi connectivity index (χ1n) is 5.69. The van der Waals surface area contributed by atoms with Gasteiger partial charge in [0.1, 0.15) is 0 Å². The summed E-state index contributed by atoms with van der Waals surface area (Å²) in [5.74, 6) is 0. The number of hydrogen-bond donors (Lipinski definition) is 0. The average molecular weight is 234 g/mol. The van der Waals surface area contributed by atoms with Gasteiger partial charge in [0.2, 0.25) is 0 Å². The lowest BCUT2D eigenvalue weighted by Gasteiger charge is -2.20. The molecular weight excluding hydrogens is 216 g/mol. The molecule has 0 unspecified atom stereocenters. The highest BCUT2D eigenvalue weighted by Crippen LogP contribution is 2.25. The molecule has 16 heavy (non-hydrogen) atoms. The predicted octanol–water partition coefficient (Wildman–Crippen LogP) is 3.18. The zero-order chi connectivity index (χ0) is 11.5. The van der Waals surface area contributed by atoms with E-state index in [9.17, 15) is 0 Å². The Labute approximate surface area is 101 Å². The van der Waals surface area contributed by atoms with Crippen LogP contribution in [0.2, 0.25) is 0 Å². The van der Waals surface area contributed by atoms with Crippen LogP contribution in [-0.4, -0.2) is 29.5 Å². The Morgan fingerprint density at radius 2 is 2.25 bits per heavy atom. The van der Waals surface area contributed by atoms with Crippen molar-refractivity contribution in [3.05, 3.63) is 29.4 Å². The molecule has 2 nitrogen and oxygen atoms in total. The molecule has 0 atom stereocenters. The van der Waals surface area contributed by atoms with Gasteiger partial charge in [0.25, 0.3) is 0 Å². The second kappa shape index (κ2) is 4.93. The van der Waals surface area contributed by atoms with E-state index in [2.05, 4.69) is 42.2 Å². The van der Waals surface area contributed by atoms with Crippen molar-refractivity contribution in [1.29, 1.82) is 0 Å². The summed E-state index contributed by atoms with van der Waals surface area (Å²) in [5, 5.41) is 3.64. The number of pyridine rings is 1. The molecular formula is C13H18N2S. The minimum atomic E-state index is 0.617. The van der Waals surface area contributed by atoms with Gasteiger partial charge in [-0.05, 0) is 49.7 Å². The van der Waals surface area contributed by atoms with Gasteiger partial charge in [-0.25, -0.2) is 0 Å². The Kier molecular flexibility index (Phi) is 3.56. The lowest BCUT2D eigenvalue weighted by Crippen LogP contribution is -2.28. The summed E-state index contributed by atoms with van der Waals surface area (Å²) in [5.41, 5.74) is 1.45. The monoisotopic (exact) mass is 234 g/mol. The van der Waals surface area contributed by atoms with Crippen LogP contribution in [-0.2, 0) is 6.42 Å². The molecule has 0 saturated carbocycles. The smallest absolute Gasteiger partial charge is 0.0528 e. The van der Waals surface area contributed by atoms with Crippen LogP contribution in [0.3, 0.4) is 0 Å². The Bertz CT molecular complexity index is 462. The molecule has 0 aromatic carbocycles. The van der Waals surface area contributed by atoms with Gasteiger partial charge >= 0.3 is 0 Å². The van der Waals surface area contributed by atoms with Crippen molar-refractivity contribution in [2.75, 3.05) is 13.6 Å². The van der Waals surface area contributed by atoms with E-state index >= 15 is 0 Å². The number of fused-ring (bicyclic) bond motifs is 1. The van der Waals surface area contributed by atoms with Gasteiger partial charge < -0.3 is 4.90 Å². The molecule has 0 saturated heterocycles. The Morgan fingerprint density at radius 1 is 1.44 bits per heavy atom. The van der Waals surface area contributed by atoms with Gasteiger partial charge in [-0.3, -0.25) is 4.98 Å². The SMILES string of the molecule is CC(C)N(C)CCc1csc2cnccc12. The molecule has 0 spiro atoms. The quantitative estimate of drug-likeness (QED) is 0.807. The average Bonchev–Trinajstić information content (AvgIpc) is 2.69. The molecule has 0 N–H and O–H groups in total. The third-order valence-corrected chi connectivity index (χ3v) is 4.06. The highest BCUT2D eigenvalue weighted by Gasteiger charge is 2.07. The third-order valence-electron chi connectivity index (χ3n) is 3.07. The standard InChI is InChI=1S/C13H18N2S/c1-10(2)15(3)7-5-11-9-16-13-8-14-6-4-12(11)13/h4,6,8-10H,5,7H2,1-3H3. The summed E-state index contributed by atoms with van der Waals surface area (Å²) >= 11 is 1.79. The van der Waals surface area contributed by atoms with Crippen molar-refractivity contribution >= 4 is 21.4 Å². The number of aromatic nitrogens is 1. The van der Waals surface area contributed by atoms with Crippen LogP contribution in [0.5, 0.6) is 0 Å². The van der Waals surface area contributed by atoms with Crippen LogP contribution >= 0.6 is 11.3 Å². The van der Waals surface area contributed by atoms with Crippen molar-refractivity contribution in [2.24, 2.45) is 0 Å². The van der Waals surface area contributed by atoms with E-state index in [0.717, 1.165) is 13.0 Å². The number of nitrogens with zero attached hydrogens (tertiary/aromatic N) is 2. The van der Waals surface area contributed by atoms with E-state index in [1.165, 1.54) is 15.6 Å². The van der Waals surface area contributed by atoms with Crippen molar-refractivity contribution < 1.29 is 0 Å². The van der Waals surface area contributed by atoms with Gasteiger partial charge in [0, 0.05) is 25.0 Å². The second-order valence-electron chi connectivity index (χ2n) is 4.46. The van der Waals surface area contributed by atoms with Crippen LogP contribution in [0.25, 0.3) is 10.1 Å². The zero-order valence-corrected chi connectivity index (χ0v) is 10.9. The van der Waals surface area contributed by atoms with E-state index in [4.69, 9.17) is 0 Å². The molecule has 0 radical (unpaired) electrons. The fourth-order valence-electron chi connectivity index (χ4n) is 1.69. The largest absolute Gasteiger partial charge is 0.304 e. The fraction of sp³-hybridized carbons (Fsp3) is 0.462. The Morgan fingerprint density at radius 3 is 3.00 bits per heavy atom. The molecule has 86 valence electrons. The summed E-state index contributed by atoms with van der Waals surface area (Å²) < 4.78 is 1.30. The lowest BCUT2D eigenvalue weighted by atomic mass is 10.1. The lowest BCUT2D eigenvalue weighted by molar-refractivity contribution is 0.278. The normalized spacial score (nSPS) is 11.8. The maximum atomic E-state index is 4.15. The van der Waals surface area contributed by atoms with Gasteiger partial charge in [-0.2, -0.15) is 0 Å². The number of rotatable bonds is 4. The van der Waals surface area contributed by atoms with Crippen molar-refractivity contribution in [2.45, 2.75) is 26.3 Å². The molecule has 0 aliphatic heterocycles. The van der Waals surface area contributed by atoms with Crippen LogP contribution in [0.15, 0.2) is 23.8 Å². The molecule has 2 aromatic rings. The molecule has 0 amide bonds. The topological polar surface area (TPSA) is 16.1 Å². The summed E-state index contributed by atoms with van der Waals surface area (Å²) in [7, 11) is 2.18. The highest BCUT2D eigenvalue weighted by molar-refractivity contribution is 7.17.